The van der Waals surface area contributed by atoms with Gasteiger partial charge in [-0.3, -0.25) is 4.57 Å². The molecule has 2 aromatic heterocycles. The molecule has 0 radical (unpaired) electrons. The van der Waals surface area contributed by atoms with Gasteiger partial charge in [-0.05, 0) is 20.3 Å². The van der Waals surface area contributed by atoms with Crippen molar-refractivity contribution in [1.29, 1.82) is 0 Å². The number of hydrogen-bond donors (Lipinski definition) is 1. The smallest absolute Gasteiger partial charge is 0.143 e. The van der Waals surface area contributed by atoms with Gasteiger partial charge in [-0.25, -0.2) is 15.0 Å². The van der Waals surface area contributed by atoms with E-state index in [-0.39, 0.29) is 5.41 Å². The van der Waals surface area contributed by atoms with Crippen molar-refractivity contribution in [2.45, 2.75) is 53.4 Å². The fraction of sp³-hybridized carbons (Fsp3) is 0.562. The van der Waals surface area contributed by atoms with Crippen LogP contribution in [0.1, 0.15) is 51.3 Å². The molecule has 5 heteroatoms. The minimum absolute atomic E-state index is 0.0951. The van der Waals surface area contributed by atoms with Crippen LogP contribution in [0.5, 0.6) is 0 Å². The number of hydrogen-bond acceptors (Lipinski definition) is 4. The molecule has 2 heterocycles. The highest BCUT2D eigenvalue weighted by Gasteiger charge is 2.20. The Morgan fingerprint density at radius 3 is 2.43 bits per heavy atom. The van der Waals surface area contributed by atoms with Crippen molar-refractivity contribution in [3.63, 3.8) is 0 Å². The lowest BCUT2D eigenvalue weighted by Gasteiger charge is -2.19. The molecule has 1 N–H and O–H groups in total. The lowest BCUT2D eigenvalue weighted by Crippen LogP contribution is -2.19. The summed E-state index contributed by atoms with van der Waals surface area (Å²) in [5.74, 6) is 2.58. The monoisotopic (exact) mass is 287 g/mol. The first kappa shape index (κ1) is 15.5. The largest absolute Gasteiger partial charge is 0.370 e. The number of rotatable bonds is 4. The van der Waals surface area contributed by atoms with Crippen LogP contribution >= 0.6 is 0 Å². The summed E-state index contributed by atoms with van der Waals surface area (Å²) in [5, 5.41) is 3.36. The van der Waals surface area contributed by atoms with Crippen LogP contribution in [-0.2, 0) is 5.41 Å². The Hall–Kier alpha value is -1.91. The van der Waals surface area contributed by atoms with Crippen LogP contribution in [0, 0.1) is 13.8 Å². The number of anilines is 1. The summed E-state index contributed by atoms with van der Waals surface area (Å²) >= 11 is 0. The first-order valence-electron chi connectivity index (χ1n) is 7.47. The van der Waals surface area contributed by atoms with Gasteiger partial charge in [-0.15, -0.1) is 0 Å². The molecule has 0 aliphatic rings. The summed E-state index contributed by atoms with van der Waals surface area (Å²) in [6.45, 7) is 13.5. The van der Waals surface area contributed by atoms with E-state index in [2.05, 4.69) is 49.9 Å². The minimum Gasteiger partial charge on any atom is -0.370 e. The maximum absolute atomic E-state index is 4.73. The zero-order valence-corrected chi connectivity index (χ0v) is 13.9. The van der Waals surface area contributed by atoms with E-state index < -0.39 is 0 Å². The molecule has 0 aliphatic carbocycles. The van der Waals surface area contributed by atoms with E-state index >= 15 is 0 Å². The SMILES string of the molecule is CCCNc1cc(-n2cnc(C)c2C)nc(C(C)(C)C)n1. The van der Waals surface area contributed by atoms with Crippen molar-refractivity contribution in [3.05, 3.63) is 29.6 Å². The summed E-state index contributed by atoms with van der Waals surface area (Å²) in [6.07, 6.45) is 2.89. The standard InChI is InChI=1S/C16H25N5/c1-7-8-17-13-9-14(20-15(19-13)16(4,5)6)21-10-18-11(2)12(21)3/h9-10H,7-8H2,1-6H3,(H,17,19,20). The van der Waals surface area contributed by atoms with E-state index in [1.54, 1.807) is 0 Å². The van der Waals surface area contributed by atoms with Gasteiger partial charge in [0.2, 0.25) is 0 Å². The van der Waals surface area contributed by atoms with Crippen LogP contribution < -0.4 is 5.32 Å². The topological polar surface area (TPSA) is 55.6 Å². The maximum atomic E-state index is 4.73. The van der Waals surface area contributed by atoms with Crippen LogP contribution in [0.2, 0.25) is 0 Å². The summed E-state index contributed by atoms with van der Waals surface area (Å²) in [6, 6.07) is 1.99. The lowest BCUT2D eigenvalue weighted by atomic mass is 9.96. The average Bonchev–Trinajstić information content (AvgIpc) is 2.75. The summed E-state index contributed by atoms with van der Waals surface area (Å²) < 4.78 is 2.02. The van der Waals surface area contributed by atoms with Crippen LogP contribution in [-0.4, -0.2) is 26.1 Å². The van der Waals surface area contributed by atoms with Gasteiger partial charge in [0.15, 0.2) is 0 Å². The molecule has 0 unspecified atom stereocenters. The second-order valence-corrected chi connectivity index (χ2v) is 6.40. The second-order valence-electron chi connectivity index (χ2n) is 6.40. The molecule has 21 heavy (non-hydrogen) atoms. The fourth-order valence-electron chi connectivity index (χ4n) is 1.97. The Balaban J connectivity index is 2.52. The first-order valence-corrected chi connectivity index (χ1v) is 7.47. The predicted molar refractivity (Wildman–Crippen MR) is 86.1 cm³/mol. The Morgan fingerprint density at radius 2 is 1.90 bits per heavy atom. The third kappa shape index (κ3) is 3.40. The lowest BCUT2D eigenvalue weighted by molar-refractivity contribution is 0.543. The molecule has 2 aromatic rings. The van der Waals surface area contributed by atoms with Crippen molar-refractivity contribution < 1.29 is 0 Å². The maximum Gasteiger partial charge on any atom is 0.143 e. The highest BCUT2D eigenvalue weighted by atomic mass is 15.2. The van der Waals surface area contributed by atoms with Crippen molar-refractivity contribution in [1.82, 2.24) is 19.5 Å². The summed E-state index contributed by atoms with van der Waals surface area (Å²) in [7, 11) is 0. The van der Waals surface area contributed by atoms with Gasteiger partial charge in [-0.2, -0.15) is 0 Å². The normalized spacial score (nSPS) is 11.7. The van der Waals surface area contributed by atoms with E-state index in [1.807, 2.05) is 23.9 Å². The highest BCUT2D eigenvalue weighted by molar-refractivity contribution is 5.43. The molecular formula is C16H25N5. The van der Waals surface area contributed by atoms with Gasteiger partial charge >= 0.3 is 0 Å². The van der Waals surface area contributed by atoms with E-state index in [0.717, 1.165) is 41.8 Å². The van der Waals surface area contributed by atoms with Crippen molar-refractivity contribution in [3.8, 4) is 5.82 Å². The Labute approximate surface area is 126 Å². The van der Waals surface area contributed by atoms with Gasteiger partial charge in [-0.1, -0.05) is 27.7 Å². The molecule has 0 bridgehead atoms. The van der Waals surface area contributed by atoms with E-state index in [0.29, 0.717) is 0 Å². The molecule has 0 fully saturated rings. The molecule has 0 spiro atoms. The molecule has 0 saturated heterocycles. The van der Waals surface area contributed by atoms with Gasteiger partial charge in [0.25, 0.3) is 0 Å². The number of nitrogens with one attached hydrogen (secondary N) is 1. The number of aryl methyl sites for hydroxylation is 1. The molecule has 0 saturated carbocycles. The Morgan fingerprint density at radius 1 is 1.19 bits per heavy atom. The number of nitrogens with zero attached hydrogens (tertiary/aromatic N) is 4. The molecule has 114 valence electrons. The van der Waals surface area contributed by atoms with Gasteiger partial charge in [0.05, 0.1) is 5.69 Å². The first-order chi connectivity index (χ1) is 9.82. The molecule has 0 amide bonds. The minimum atomic E-state index is -0.0951. The second kappa shape index (κ2) is 5.84. The Bertz CT molecular complexity index is 622. The predicted octanol–water partition coefficient (Wildman–Crippen LogP) is 3.40. The molecule has 5 nitrogen and oxygen atoms in total. The molecule has 0 aliphatic heterocycles. The van der Waals surface area contributed by atoms with Crippen LogP contribution in [0.15, 0.2) is 12.4 Å². The quantitative estimate of drug-likeness (QED) is 0.936. The summed E-state index contributed by atoms with van der Waals surface area (Å²) in [5.41, 5.74) is 2.03. The third-order valence-electron chi connectivity index (χ3n) is 3.44. The van der Waals surface area contributed by atoms with E-state index in [1.165, 1.54) is 0 Å². The number of aromatic nitrogens is 4. The van der Waals surface area contributed by atoms with Crippen LogP contribution in [0.25, 0.3) is 5.82 Å². The van der Waals surface area contributed by atoms with E-state index in [4.69, 9.17) is 4.98 Å². The van der Waals surface area contributed by atoms with Gasteiger partial charge in [0, 0.05) is 23.7 Å². The van der Waals surface area contributed by atoms with Crippen molar-refractivity contribution in [2.24, 2.45) is 0 Å². The average molecular weight is 287 g/mol. The number of imidazole rings is 1. The molecular weight excluding hydrogens is 262 g/mol. The highest BCUT2D eigenvalue weighted by Crippen LogP contribution is 2.23. The molecule has 2 rings (SSSR count). The third-order valence-corrected chi connectivity index (χ3v) is 3.44. The zero-order chi connectivity index (χ0) is 15.6. The van der Waals surface area contributed by atoms with E-state index in [9.17, 15) is 0 Å². The van der Waals surface area contributed by atoms with Crippen molar-refractivity contribution >= 4 is 5.82 Å². The summed E-state index contributed by atoms with van der Waals surface area (Å²) in [4.78, 5) is 13.7. The van der Waals surface area contributed by atoms with Crippen LogP contribution in [0.3, 0.4) is 0 Å². The Kier molecular flexibility index (Phi) is 4.30. The fourth-order valence-corrected chi connectivity index (χ4v) is 1.97. The molecule has 0 aromatic carbocycles. The van der Waals surface area contributed by atoms with Crippen LogP contribution in [0.4, 0.5) is 5.82 Å². The van der Waals surface area contributed by atoms with Gasteiger partial charge < -0.3 is 5.32 Å². The van der Waals surface area contributed by atoms with Gasteiger partial charge in [0.1, 0.15) is 23.8 Å². The zero-order valence-electron chi connectivity index (χ0n) is 13.9. The van der Waals surface area contributed by atoms with Crippen molar-refractivity contribution in [2.75, 3.05) is 11.9 Å². The molecule has 0 atom stereocenters.